The van der Waals surface area contributed by atoms with E-state index < -0.39 is 0 Å². The summed E-state index contributed by atoms with van der Waals surface area (Å²) < 4.78 is 11.0. The molecule has 4 aromatic carbocycles. The van der Waals surface area contributed by atoms with Crippen molar-refractivity contribution in [3.63, 3.8) is 0 Å². The summed E-state index contributed by atoms with van der Waals surface area (Å²) in [6.45, 7) is 18.1. The molecule has 0 spiro atoms. The smallest absolute Gasteiger partial charge is 0.137 e. The quantitative estimate of drug-likeness (QED) is 0.120. The molecule has 0 aliphatic carbocycles. The van der Waals surface area contributed by atoms with Crippen molar-refractivity contribution in [3.05, 3.63) is 132 Å². The van der Waals surface area contributed by atoms with E-state index in [4.69, 9.17) is 14.8 Å². The number of hydrogen-bond donors (Lipinski definition) is 0. The largest absolute Gasteiger partial charge is 0.457 e. The van der Waals surface area contributed by atoms with E-state index >= 15 is 0 Å². The highest BCUT2D eigenvalue weighted by Crippen LogP contribution is 2.37. The zero-order valence-corrected chi connectivity index (χ0v) is 32.7. The standard InChI is InChI=1S/C48H54N4O/c1-31(2)16-18-35-12-11-13-36(19-17-32(3)4)48(35)39-29-50-51(30-39)40-24-38(34(7)8)25-42(27-40)53-41-20-21-44-43-14-9-10-15-45(43)52(46(44)28-41)47-26-37(33(5)6)22-23-49-47/h9-15,20-34H,16-19H2,1-8H3. The summed E-state index contributed by atoms with van der Waals surface area (Å²) in [6, 6.07) is 32.7. The van der Waals surface area contributed by atoms with Gasteiger partial charge in [-0.2, -0.15) is 5.10 Å². The number of rotatable bonds is 13. The SMILES string of the molecule is CC(C)CCc1cccc(CCC(C)C)c1-c1cnn(-c2cc(Oc3ccc4c5ccccc5n(-c5cc(C(C)C)ccn5)c4c3)cc(C(C)C)c2)c1. The molecule has 0 N–H and O–H groups in total. The third-order valence-electron chi connectivity index (χ3n) is 10.5. The molecule has 0 fully saturated rings. The molecule has 7 aromatic rings. The van der Waals surface area contributed by atoms with Crippen molar-refractivity contribution in [2.24, 2.45) is 11.8 Å². The van der Waals surface area contributed by atoms with E-state index in [9.17, 15) is 0 Å². The van der Waals surface area contributed by atoms with Crippen LogP contribution < -0.4 is 4.74 Å². The van der Waals surface area contributed by atoms with Crippen LogP contribution in [0.3, 0.4) is 0 Å². The Morgan fingerprint density at radius 3 is 2.02 bits per heavy atom. The van der Waals surface area contributed by atoms with E-state index in [2.05, 4.69) is 157 Å². The van der Waals surface area contributed by atoms with Crippen molar-refractivity contribution in [3.8, 4) is 34.1 Å². The van der Waals surface area contributed by atoms with Gasteiger partial charge in [0.15, 0.2) is 0 Å². The number of hydrogen-bond acceptors (Lipinski definition) is 3. The van der Waals surface area contributed by atoms with Crippen LogP contribution in [0.5, 0.6) is 11.5 Å². The van der Waals surface area contributed by atoms with Crippen molar-refractivity contribution < 1.29 is 4.74 Å². The Bertz CT molecular complexity index is 2330. The third kappa shape index (κ3) is 7.81. The predicted molar refractivity (Wildman–Crippen MR) is 222 cm³/mol. The van der Waals surface area contributed by atoms with Crippen molar-refractivity contribution in [1.82, 2.24) is 19.3 Å². The number of ether oxygens (including phenoxy) is 1. The summed E-state index contributed by atoms with van der Waals surface area (Å²) in [5, 5.41) is 7.33. The summed E-state index contributed by atoms with van der Waals surface area (Å²) in [5.41, 5.74) is 11.0. The number of fused-ring (bicyclic) bond motifs is 3. The monoisotopic (exact) mass is 702 g/mol. The van der Waals surface area contributed by atoms with Gasteiger partial charge in [0.1, 0.15) is 17.3 Å². The first-order valence-corrected chi connectivity index (χ1v) is 19.5. The summed E-state index contributed by atoms with van der Waals surface area (Å²) in [7, 11) is 0. The zero-order chi connectivity index (χ0) is 37.2. The van der Waals surface area contributed by atoms with Crippen LogP contribution in [0.4, 0.5) is 0 Å². The van der Waals surface area contributed by atoms with E-state index in [-0.39, 0.29) is 0 Å². The number of pyridine rings is 1. The predicted octanol–water partition coefficient (Wildman–Crippen LogP) is 13.2. The second-order valence-electron chi connectivity index (χ2n) is 16.1. The van der Waals surface area contributed by atoms with Crippen molar-refractivity contribution in [2.75, 3.05) is 0 Å². The molecule has 0 radical (unpaired) electrons. The number of para-hydroxylation sites is 1. The van der Waals surface area contributed by atoms with E-state index in [0.29, 0.717) is 23.7 Å². The van der Waals surface area contributed by atoms with Gasteiger partial charge in [-0.05, 0) is 120 Å². The molecular formula is C48H54N4O. The molecule has 3 heterocycles. The maximum atomic E-state index is 6.75. The highest BCUT2D eigenvalue weighted by atomic mass is 16.5. The van der Waals surface area contributed by atoms with Gasteiger partial charge in [-0.25, -0.2) is 9.67 Å². The second-order valence-corrected chi connectivity index (χ2v) is 16.1. The van der Waals surface area contributed by atoms with Gasteiger partial charge in [-0.15, -0.1) is 0 Å². The molecule has 7 rings (SSSR count). The average Bonchev–Trinajstić information content (AvgIpc) is 3.76. The molecule has 0 unspecified atom stereocenters. The summed E-state index contributed by atoms with van der Waals surface area (Å²) in [6.07, 6.45) is 10.6. The summed E-state index contributed by atoms with van der Waals surface area (Å²) >= 11 is 0. The molecule has 0 amide bonds. The lowest BCUT2D eigenvalue weighted by Crippen LogP contribution is -2.01. The van der Waals surface area contributed by atoms with Gasteiger partial charge in [0, 0.05) is 40.9 Å². The van der Waals surface area contributed by atoms with Gasteiger partial charge in [0.25, 0.3) is 0 Å². The van der Waals surface area contributed by atoms with Gasteiger partial charge in [-0.1, -0.05) is 91.8 Å². The molecule has 0 aliphatic rings. The first-order valence-electron chi connectivity index (χ1n) is 19.5. The number of aryl methyl sites for hydroxylation is 2. The van der Waals surface area contributed by atoms with E-state index in [1.165, 1.54) is 57.0 Å². The Morgan fingerprint density at radius 1 is 0.623 bits per heavy atom. The number of aromatic nitrogens is 4. The Morgan fingerprint density at radius 2 is 1.32 bits per heavy atom. The lowest BCUT2D eigenvalue weighted by Gasteiger charge is -2.16. The minimum absolute atomic E-state index is 0.316. The minimum Gasteiger partial charge on any atom is -0.457 e. The topological polar surface area (TPSA) is 44.9 Å². The van der Waals surface area contributed by atoms with Crippen molar-refractivity contribution in [2.45, 2.75) is 92.9 Å². The van der Waals surface area contributed by atoms with Crippen LogP contribution in [0.15, 0.2) is 110 Å². The summed E-state index contributed by atoms with van der Waals surface area (Å²) in [5.74, 6) is 4.51. The van der Waals surface area contributed by atoms with Crippen LogP contribution in [-0.4, -0.2) is 19.3 Å². The van der Waals surface area contributed by atoms with E-state index in [1.807, 2.05) is 17.1 Å². The highest BCUT2D eigenvalue weighted by Gasteiger charge is 2.18. The van der Waals surface area contributed by atoms with E-state index in [0.717, 1.165) is 46.9 Å². The van der Waals surface area contributed by atoms with Gasteiger partial charge >= 0.3 is 0 Å². The normalized spacial score (nSPS) is 12.0. The maximum Gasteiger partial charge on any atom is 0.137 e. The zero-order valence-electron chi connectivity index (χ0n) is 32.7. The fourth-order valence-corrected chi connectivity index (χ4v) is 7.36. The third-order valence-corrected chi connectivity index (χ3v) is 10.5. The van der Waals surface area contributed by atoms with Crippen molar-refractivity contribution >= 4 is 21.8 Å². The maximum absolute atomic E-state index is 6.75. The fourth-order valence-electron chi connectivity index (χ4n) is 7.36. The molecular weight excluding hydrogens is 649 g/mol. The van der Waals surface area contributed by atoms with Crippen LogP contribution in [-0.2, 0) is 12.8 Å². The lowest BCUT2D eigenvalue weighted by molar-refractivity contribution is 0.481. The first-order chi connectivity index (χ1) is 25.5. The lowest BCUT2D eigenvalue weighted by atomic mass is 9.89. The van der Waals surface area contributed by atoms with E-state index in [1.54, 1.807) is 0 Å². The van der Waals surface area contributed by atoms with Gasteiger partial charge in [-0.3, -0.25) is 4.57 Å². The molecule has 3 aromatic heterocycles. The second kappa shape index (κ2) is 15.4. The molecule has 0 bridgehead atoms. The molecule has 0 atom stereocenters. The Balaban J connectivity index is 1.27. The van der Waals surface area contributed by atoms with Gasteiger partial charge < -0.3 is 4.74 Å². The molecule has 272 valence electrons. The average molecular weight is 703 g/mol. The van der Waals surface area contributed by atoms with Crippen LogP contribution >= 0.6 is 0 Å². The van der Waals surface area contributed by atoms with Crippen LogP contribution in [0.25, 0.3) is 44.4 Å². The fraction of sp³-hybridized carbons (Fsp3) is 0.333. The first kappa shape index (κ1) is 36.2. The highest BCUT2D eigenvalue weighted by molar-refractivity contribution is 6.09. The van der Waals surface area contributed by atoms with Crippen LogP contribution in [0.2, 0.25) is 0 Å². The van der Waals surface area contributed by atoms with Gasteiger partial charge in [0.05, 0.1) is 22.9 Å². The molecule has 0 aliphatic heterocycles. The molecule has 0 saturated carbocycles. The molecule has 53 heavy (non-hydrogen) atoms. The Labute approximate surface area is 315 Å². The summed E-state index contributed by atoms with van der Waals surface area (Å²) in [4.78, 5) is 4.84. The van der Waals surface area contributed by atoms with Crippen LogP contribution in [0.1, 0.15) is 102 Å². The minimum atomic E-state index is 0.316. The number of benzene rings is 4. The Kier molecular flexibility index (Phi) is 10.5. The molecule has 5 nitrogen and oxygen atoms in total. The molecule has 0 saturated heterocycles. The Hall–Kier alpha value is -5.16. The number of nitrogens with zero attached hydrogens (tertiary/aromatic N) is 4. The molecule has 5 heteroatoms. The van der Waals surface area contributed by atoms with Crippen LogP contribution in [0, 0.1) is 11.8 Å². The van der Waals surface area contributed by atoms with Crippen molar-refractivity contribution in [1.29, 1.82) is 0 Å². The van der Waals surface area contributed by atoms with Gasteiger partial charge in [0.2, 0.25) is 0 Å².